The first-order valence-electron chi connectivity index (χ1n) is 10.6. The molecule has 2 fully saturated rings. The topological polar surface area (TPSA) is 74.8 Å². The van der Waals surface area contributed by atoms with E-state index in [1.165, 1.54) is 18.2 Å². The van der Waals surface area contributed by atoms with E-state index in [0.717, 1.165) is 15.6 Å². The highest BCUT2D eigenvalue weighted by atomic mass is 79.9. The molecular formula is C24H20Br2Cl2N2O4. The lowest BCUT2D eigenvalue weighted by Gasteiger charge is -2.30. The van der Waals surface area contributed by atoms with Gasteiger partial charge >= 0.3 is 0 Å². The van der Waals surface area contributed by atoms with Gasteiger partial charge in [-0.2, -0.15) is 5.01 Å². The van der Waals surface area contributed by atoms with E-state index in [1.807, 2.05) is 6.92 Å². The fourth-order valence-corrected chi connectivity index (χ4v) is 5.83. The molecule has 1 saturated carbocycles. The maximum absolute atomic E-state index is 13.5. The van der Waals surface area contributed by atoms with E-state index in [4.69, 9.17) is 23.2 Å². The molecule has 1 heterocycles. The molecule has 34 heavy (non-hydrogen) atoms. The lowest BCUT2D eigenvalue weighted by Crippen LogP contribution is -2.52. The van der Waals surface area contributed by atoms with Crippen molar-refractivity contribution in [1.82, 2.24) is 10.0 Å². The minimum atomic E-state index is -0.690. The summed E-state index contributed by atoms with van der Waals surface area (Å²) in [5.41, 5.74) is 1.45. The third kappa shape index (κ3) is 4.83. The van der Waals surface area contributed by atoms with Crippen molar-refractivity contribution in [1.29, 1.82) is 0 Å². The quantitative estimate of drug-likeness (QED) is 0.250. The molecule has 1 aliphatic carbocycles. The van der Waals surface area contributed by atoms with Crippen molar-refractivity contribution in [2.75, 3.05) is 6.54 Å². The van der Waals surface area contributed by atoms with Crippen molar-refractivity contribution < 1.29 is 19.2 Å². The number of alkyl halides is 2. The number of halogens is 4. The molecule has 4 rings (SSSR count). The Balaban J connectivity index is 1.71. The summed E-state index contributed by atoms with van der Waals surface area (Å²) in [7, 11) is 0. The highest BCUT2D eigenvalue weighted by Gasteiger charge is 2.54. The molecule has 2 aromatic rings. The van der Waals surface area contributed by atoms with Crippen molar-refractivity contribution in [3.05, 3.63) is 69.2 Å². The summed E-state index contributed by atoms with van der Waals surface area (Å²) in [4.78, 5) is 53.4. The minimum Gasteiger partial charge on any atom is -0.292 e. The van der Waals surface area contributed by atoms with Gasteiger partial charge in [0.05, 0.1) is 21.9 Å². The summed E-state index contributed by atoms with van der Waals surface area (Å²) in [5.74, 6) is -3.19. The predicted octanol–water partition coefficient (Wildman–Crippen LogP) is 5.46. The summed E-state index contributed by atoms with van der Waals surface area (Å²) in [5, 5.41) is 2.20. The van der Waals surface area contributed by atoms with Gasteiger partial charge in [-0.05, 0) is 38.0 Å². The van der Waals surface area contributed by atoms with Crippen LogP contribution in [-0.4, -0.2) is 49.7 Å². The van der Waals surface area contributed by atoms with Crippen molar-refractivity contribution >= 4 is 78.6 Å². The Labute approximate surface area is 223 Å². The number of nitrogens with zero attached hydrogens (tertiary/aromatic N) is 2. The van der Waals surface area contributed by atoms with Crippen molar-refractivity contribution in [2.45, 2.75) is 29.4 Å². The Morgan fingerprint density at radius 3 is 1.97 bits per heavy atom. The normalized spacial score (nSPS) is 24.2. The van der Waals surface area contributed by atoms with Crippen LogP contribution < -0.4 is 0 Å². The van der Waals surface area contributed by atoms with Crippen LogP contribution in [-0.2, 0) is 9.59 Å². The van der Waals surface area contributed by atoms with Crippen LogP contribution in [0.5, 0.6) is 0 Å². The Morgan fingerprint density at radius 1 is 0.912 bits per heavy atom. The second-order valence-electron chi connectivity index (χ2n) is 8.49. The molecule has 10 heteroatoms. The number of hydrogen-bond donors (Lipinski definition) is 0. The van der Waals surface area contributed by atoms with Crippen LogP contribution in [0.25, 0.3) is 0 Å². The number of benzene rings is 2. The summed E-state index contributed by atoms with van der Waals surface area (Å²) in [6.45, 7) is 1.42. The molecule has 3 amide bonds. The molecule has 6 nitrogen and oxygen atoms in total. The third-order valence-corrected chi connectivity index (χ3v) is 9.67. The van der Waals surface area contributed by atoms with Gasteiger partial charge in [0.1, 0.15) is 6.54 Å². The fraction of sp³-hybridized carbons (Fsp3) is 0.333. The first-order valence-corrected chi connectivity index (χ1v) is 13.2. The number of imide groups is 1. The molecule has 2 aliphatic rings. The average molecular weight is 631 g/mol. The molecule has 0 spiro atoms. The standard InChI is InChI=1S/C24H20Br2Cl2N2O4/c1-12-2-4-13(5-3-12)21(31)11-29(22(32)14-6-7-19(27)20(28)8-14)30-23(33)15-9-17(25)18(26)10-16(15)24(30)34/h2-8,15-18H,9-11H2,1H3/t15-,16-,17+,18+/m1/s1. The molecule has 0 aromatic heterocycles. The van der Waals surface area contributed by atoms with Crippen molar-refractivity contribution in [3.63, 3.8) is 0 Å². The lowest BCUT2D eigenvalue weighted by atomic mass is 9.81. The average Bonchev–Trinajstić information content (AvgIpc) is 3.03. The highest BCUT2D eigenvalue weighted by Crippen LogP contribution is 2.43. The molecule has 4 atom stereocenters. The van der Waals surface area contributed by atoms with E-state index in [0.29, 0.717) is 18.4 Å². The predicted molar refractivity (Wildman–Crippen MR) is 137 cm³/mol. The van der Waals surface area contributed by atoms with E-state index >= 15 is 0 Å². The van der Waals surface area contributed by atoms with Crippen LogP contribution in [0.15, 0.2) is 42.5 Å². The van der Waals surface area contributed by atoms with Gasteiger partial charge in [0.2, 0.25) is 0 Å². The number of fused-ring (bicyclic) bond motifs is 1. The number of carbonyl (C=O) groups excluding carboxylic acids is 4. The van der Waals surface area contributed by atoms with E-state index in [-0.39, 0.29) is 25.3 Å². The Kier molecular flexibility index (Phi) is 7.53. The maximum Gasteiger partial charge on any atom is 0.273 e. The van der Waals surface area contributed by atoms with Crippen molar-refractivity contribution in [2.24, 2.45) is 11.8 Å². The number of hydrazine groups is 1. The molecule has 0 unspecified atom stereocenters. The molecule has 1 aliphatic heterocycles. The zero-order valence-electron chi connectivity index (χ0n) is 18.0. The zero-order valence-corrected chi connectivity index (χ0v) is 22.7. The molecular weight excluding hydrogens is 611 g/mol. The minimum absolute atomic E-state index is 0.0128. The van der Waals surface area contributed by atoms with E-state index in [2.05, 4.69) is 31.9 Å². The Hall–Kier alpha value is -1.74. The first kappa shape index (κ1) is 25.4. The van der Waals surface area contributed by atoms with Gasteiger partial charge in [-0.15, -0.1) is 0 Å². The van der Waals surface area contributed by atoms with E-state index in [9.17, 15) is 19.2 Å². The number of aryl methyl sites for hydroxylation is 1. The van der Waals surface area contributed by atoms with Gasteiger partial charge in [0.25, 0.3) is 17.7 Å². The monoisotopic (exact) mass is 628 g/mol. The van der Waals surface area contributed by atoms with E-state index < -0.39 is 41.9 Å². The second kappa shape index (κ2) is 10.1. The molecule has 0 bridgehead atoms. The van der Waals surface area contributed by atoms with Crippen LogP contribution >= 0.6 is 55.1 Å². The SMILES string of the molecule is Cc1ccc(C(=O)CN(C(=O)c2ccc(Cl)c(Cl)c2)N2C(=O)[C@@H]3C[C@H](Br)[C@@H](Br)C[C@H]3C2=O)cc1. The number of carbonyl (C=O) groups is 4. The molecule has 0 radical (unpaired) electrons. The smallest absolute Gasteiger partial charge is 0.273 e. The second-order valence-corrected chi connectivity index (χ2v) is 11.7. The van der Waals surface area contributed by atoms with Gasteiger partial charge < -0.3 is 0 Å². The largest absolute Gasteiger partial charge is 0.292 e. The molecule has 0 N–H and O–H groups in total. The highest BCUT2D eigenvalue weighted by molar-refractivity contribution is 9.12. The molecule has 178 valence electrons. The number of Topliss-reactive ketones (excluding diaryl/α,β-unsaturated/α-hetero) is 1. The fourth-order valence-electron chi connectivity index (χ4n) is 4.29. The Morgan fingerprint density at radius 2 is 1.44 bits per heavy atom. The summed E-state index contributed by atoms with van der Waals surface area (Å²) < 4.78 is 0. The number of ketones is 1. The van der Waals surface area contributed by atoms with Gasteiger partial charge in [-0.3, -0.25) is 19.2 Å². The van der Waals surface area contributed by atoms with Gasteiger partial charge in [0.15, 0.2) is 5.78 Å². The summed E-state index contributed by atoms with van der Waals surface area (Å²) >= 11 is 19.2. The van der Waals surface area contributed by atoms with Crippen LogP contribution in [0, 0.1) is 18.8 Å². The molecule has 2 aromatic carbocycles. The van der Waals surface area contributed by atoms with E-state index in [1.54, 1.807) is 24.3 Å². The number of hydrogen-bond acceptors (Lipinski definition) is 4. The number of amides is 3. The van der Waals surface area contributed by atoms with Crippen LogP contribution in [0.3, 0.4) is 0 Å². The third-order valence-electron chi connectivity index (χ3n) is 6.20. The van der Waals surface area contributed by atoms with Crippen molar-refractivity contribution in [3.8, 4) is 0 Å². The van der Waals surface area contributed by atoms with Crippen LogP contribution in [0.1, 0.15) is 39.1 Å². The maximum atomic E-state index is 13.5. The summed E-state index contributed by atoms with van der Waals surface area (Å²) in [6.07, 6.45) is 0.894. The zero-order chi connectivity index (χ0) is 24.7. The molecule has 1 saturated heterocycles. The van der Waals surface area contributed by atoms with Gasteiger partial charge in [-0.1, -0.05) is 84.9 Å². The lowest BCUT2D eigenvalue weighted by molar-refractivity contribution is -0.154. The van der Waals surface area contributed by atoms with Crippen LogP contribution in [0.2, 0.25) is 10.0 Å². The number of rotatable bonds is 5. The van der Waals surface area contributed by atoms with Crippen LogP contribution in [0.4, 0.5) is 0 Å². The summed E-state index contributed by atoms with van der Waals surface area (Å²) in [6, 6.07) is 11.1. The van der Waals surface area contributed by atoms with Gasteiger partial charge in [0, 0.05) is 20.8 Å². The Bertz CT molecular complexity index is 1150. The first-order chi connectivity index (χ1) is 16.1. The van der Waals surface area contributed by atoms with Gasteiger partial charge in [-0.25, -0.2) is 5.01 Å².